The lowest BCUT2D eigenvalue weighted by Crippen LogP contribution is -2.40. The Morgan fingerprint density at radius 1 is 1.10 bits per heavy atom. The van der Waals surface area contributed by atoms with Gasteiger partial charge in [0.25, 0.3) is 0 Å². The number of hydrogen-bond acceptors (Lipinski definition) is 3. The molecule has 2 heterocycles. The van der Waals surface area contributed by atoms with Crippen molar-refractivity contribution in [2.24, 2.45) is 0 Å². The predicted octanol–water partition coefficient (Wildman–Crippen LogP) is 4.20. The number of aromatic nitrogens is 1. The molecule has 0 aliphatic carbocycles. The van der Waals surface area contributed by atoms with Crippen LogP contribution in [0, 0.1) is 5.82 Å². The van der Waals surface area contributed by atoms with Crippen molar-refractivity contribution in [3.63, 3.8) is 0 Å². The highest BCUT2D eigenvalue weighted by molar-refractivity contribution is 5.84. The van der Waals surface area contributed by atoms with Gasteiger partial charge in [-0.3, -0.25) is 4.79 Å². The summed E-state index contributed by atoms with van der Waals surface area (Å²) in [5.74, 6) is 0.234. The van der Waals surface area contributed by atoms with Gasteiger partial charge in [-0.1, -0.05) is 30.3 Å². The van der Waals surface area contributed by atoms with E-state index in [1.165, 1.54) is 17.0 Å². The maximum absolute atomic E-state index is 13.6. The summed E-state index contributed by atoms with van der Waals surface area (Å²) in [5.41, 5.74) is 3.42. The van der Waals surface area contributed by atoms with Gasteiger partial charge in [-0.2, -0.15) is 0 Å². The van der Waals surface area contributed by atoms with Gasteiger partial charge >= 0.3 is 0 Å². The zero-order valence-corrected chi connectivity index (χ0v) is 17.9. The number of halogens is 1. The number of carbonyl (C=O) groups excluding carboxylic acids is 1. The lowest BCUT2D eigenvalue weighted by molar-refractivity contribution is -0.137. The third-order valence-corrected chi connectivity index (χ3v) is 6.01. The Bertz CT molecular complexity index is 1020. The fourth-order valence-corrected chi connectivity index (χ4v) is 4.40. The maximum atomic E-state index is 13.6. The number of nitrogens with zero attached hydrogens (tertiary/aromatic N) is 2. The third-order valence-electron chi connectivity index (χ3n) is 6.01. The first-order chi connectivity index (χ1) is 15.2. The summed E-state index contributed by atoms with van der Waals surface area (Å²) in [7, 11) is 1.62. The number of amides is 1. The molecule has 1 aliphatic heterocycles. The highest BCUT2D eigenvalue weighted by Crippen LogP contribution is 2.34. The fourth-order valence-electron chi connectivity index (χ4n) is 4.40. The van der Waals surface area contributed by atoms with Crippen molar-refractivity contribution in [3.8, 4) is 0 Å². The van der Waals surface area contributed by atoms with E-state index in [2.05, 4.69) is 29.0 Å². The first-order valence-corrected chi connectivity index (χ1v) is 10.8. The van der Waals surface area contributed by atoms with Crippen LogP contribution in [0.4, 0.5) is 4.39 Å². The molecule has 0 unspecified atom stereocenters. The van der Waals surface area contributed by atoms with Crippen molar-refractivity contribution >= 4 is 16.8 Å². The van der Waals surface area contributed by atoms with Crippen molar-refractivity contribution in [2.75, 3.05) is 40.0 Å². The summed E-state index contributed by atoms with van der Waals surface area (Å²) >= 11 is 0. The highest BCUT2D eigenvalue weighted by atomic mass is 19.1. The number of carbonyl (C=O) groups is 1. The number of ether oxygens (including phenoxy) is 2. The molecule has 0 radical (unpaired) electrons. The number of para-hydroxylation sites is 1. The smallest absolute Gasteiger partial charge is 0.248 e. The van der Waals surface area contributed by atoms with Crippen molar-refractivity contribution in [2.45, 2.75) is 25.3 Å². The number of rotatable bonds is 8. The molecular weight excluding hydrogens is 395 g/mol. The summed E-state index contributed by atoms with van der Waals surface area (Å²) < 4.78 is 26.2. The van der Waals surface area contributed by atoms with Crippen LogP contribution in [0.25, 0.3) is 10.9 Å². The highest BCUT2D eigenvalue weighted by Gasteiger charge is 2.26. The van der Waals surface area contributed by atoms with E-state index in [9.17, 15) is 9.18 Å². The monoisotopic (exact) mass is 424 g/mol. The Morgan fingerprint density at radius 3 is 2.68 bits per heavy atom. The van der Waals surface area contributed by atoms with E-state index in [1.807, 2.05) is 17.0 Å². The minimum atomic E-state index is -0.211. The molecule has 0 bridgehead atoms. The molecule has 1 aromatic heterocycles. The van der Waals surface area contributed by atoms with Crippen molar-refractivity contribution in [3.05, 3.63) is 71.7 Å². The summed E-state index contributed by atoms with van der Waals surface area (Å²) in [6, 6.07) is 15.2. The van der Waals surface area contributed by atoms with Gasteiger partial charge in [0, 0.05) is 43.8 Å². The summed E-state index contributed by atoms with van der Waals surface area (Å²) in [4.78, 5) is 14.3. The van der Waals surface area contributed by atoms with Crippen LogP contribution in [0.1, 0.15) is 29.9 Å². The van der Waals surface area contributed by atoms with Crippen LogP contribution in [0.15, 0.2) is 54.7 Å². The third kappa shape index (κ3) is 5.14. The Morgan fingerprint density at radius 2 is 1.90 bits per heavy atom. The lowest BCUT2D eigenvalue weighted by atomic mass is 9.89. The molecule has 0 spiro atoms. The Balaban J connectivity index is 1.45. The number of likely N-dealkylation sites (tertiary alicyclic amines) is 1. The van der Waals surface area contributed by atoms with E-state index in [-0.39, 0.29) is 18.3 Å². The van der Waals surface area contributed by atoms with E-state index in [0.29, 0.717) is 25.7 Å². The maximum Gasteiger partial charge on any atom is 0.248 e. The molecule has 3 aromatic rings. The van der Waals surface area contributed by atoms with Gasteiger partial charge in [0.05, 0.1) is 13.2 Å². The second-order valence-corrected chi connectivity index (χ2v) is 8.06. The van der Waals surface area contributed by atoms with E-state index in [0.717, 1.165) is 37.0 Å². The van der Waals surface area contributed by atoms with Crippen LogP contribution in [-0.4, -0.2) is 55.4 Å². The average molecular weight is 425 g/mol. The number of hydrogen-bond donors (Lipinski definition) is 0. The molecular formula is C25H29FN2O3. The molecule has 0 saturated carbocycles. The van der Waals surface area contributed by atoms with Gasteiger partial charge in [0.2, 0.25) is 5.91 Å². The summed E-state index contributed by atoms with van der Waals surface area (Å²) in [6.45, 7) is 3.15. The fraction of sp³-hybridized carbons (Fsp3) is 0.400. The van der Waals surface area contributed by atoms with Crippen molar-refractivity contribution in [1.82, 2.24) is 9.47 Å². The Labute approximate surface area is 182 Å². The molecule has 1 fully saturated rings. The molecule has 31 heavy (non-hydrogen) atoms. The Hall–Kier alpha value is -2.70. The van der Waals surface area contributed by atoms with Crippen LogP contribution >= 0.6 is 0 Å². The molecule has 164 valence electrons. The van der Waals surface area contributed by atoms with Gasteiger partial charge in [0.1, 0.15) is 12.4 Å². The standard InChI is InChI=1S/C25H29FN2O3/c1-30-13-14-31-18-25(29)27-11-9-20(10-12-27)23-17-28(24-8-3-2-7-22(23)24)16-19-5-4-6-21(26)15-19/h2-8,15,17,20H,9-14,16,18H2,1H3. The molecule has 5 nitrogen and oxygen atoms in total. The number of benzene rings is 2. The van der Waals surface area contributed by atoms with Gasteiger partial charge in [0.15, 0.2) is 0 Å². The zero-order valence-electron chi connectivity index (χ0n) is 17.9. The van der Waals surface area contributed by atoms with E-state index in [4.69, 9.17) is 9.47 Å². The second-order valence-electron chi connectivity index (χ2n) is 8.06. The molecule has 1 amide bonds. The molecule has 1 aliphatic rings. The Kier molecular flexibility index (Phi) is 6.99. The largest absolute Gasteiger partial charge is 0.382 e. The van der Waals surface area contributed by atoms with Crippen LogP contribution in [0.2, 0.25) is 0 Å². The number of piperidine rings is 1. The molecule has 1 saturated heterocycles. The predicted molar refractivity (Wildman–Crippen MR) is 119 cm³/mol. The van der Waals surface area contributed by atoms with Crippen molar-refractivity contribution < 1.29 is 18.7 Å². The van der Waals surface area contributed by atoms with Crippen LogP contribution in [-0.2, 0) is 20.8 Å². The molecule has 2 aromatic carbocycles. The van der Waals surface area contributed by atoms with Gasteiger partial charge < -0.3 is 18.9 Å². The second kappa shape index (κ2) is 10.1. The van der Waals surface area contributed by atoms with E-state index < -0.39 is 0 Å². The van der Waals surface area contributed by atoms with E-state index >= 15 is 0 Å². The number of fused-ring (bicyclic) bond motifs is 1. The van der Waals surface area contributed by atoms with Crippen LogP contribution in [0.5, 0.6) is 0 Å². The zero-order chi connectivity index (χ0) is 21.6. The summed E-state index contributed by atoms with van der Waals surface area (Å²) in [6.07, 6.45) is 4.07. The van der Waals surface area contributed by atoms with E-state index in [1.54, 1.807) is 19.2 Å². The van der Waals surface area contributed by atoms with Gasteiger partial charge in [-0.05, 0) is 48.1 Å². The SMILES string of the molecule is COCCOCC(=O)N1CCC(c2cn(Cc3cccc(F)c3)c3ccccc23)CC1. The summed E-state index contributed by atoms with van der Waals surface area (Å²) in [5, 5.41) is 1.24. The van der Waals surface area contributed by atoms with Gasteiger partial charge in [-0.25, -0.2) is 4.39 Å². The van der Waals surface area contributed by atoms with Crippen LogP contribution < -0.4 is 0 Å². The molecule has 6 heteroatoms. The average Bonchev–Trinajstić information content (AvgIpc) is 3.15. The molecule has 4 rings (SSSR count). The van der Waals surface area contributed by atoms with Crippen molar-refractivity contribution in [1.29, 1.82) is 0 Å². The first-order valence-electron chi connectivity index (χ1n) is 10.8. The minimum absolute atomic E-state index is 0.0445. The minimum Gasteiger partial charge on any atom is -0.382 e. The normalized spacial score (nSPS) is 15.0. The quantitative estimate of drug-likeness (QED) is 0.509. The number of methoxy groups -OCH3 is 1. The van der Waals surface area contributed by atoms with Gasteiger partial charge in [-0.15, -0.1) is 0 Å². The molecule has 0 N–H and O–H groups in total. The van der Waals surface area contributed by atoms with Crippen LogP contribution in [0.3, 0.4) is 0 Å². The topological polar surface area (TPSA) is 43.7 Å². The molecule has 0 atom stereocenters. The lowest BCUT2D eigenvalue weighted by Gasteiger charge is -2.32. The first kappa shape index (κ1) is 21.5.